The molecule has 1 saturated heterocycles. The third-order valence-corrected chi connectivity index (χ3v) is 5.32. The number of methoxy groups -OCH3 is 1. The number of thioether (sulfide) groups is 1. The largest absolute Gasteiger partial charge is 0.376 e. The molecule has 1 aromatic heterocycles. The molecule has 1 N–H and O–H groups in total. The van der Waals surface area contributed by atoms with E-state index in [2.05, 4.69) is 5.32 Å². The molecule has 17 heavy (non-hydrogen) atoms. The lowest BCUT2D eigenvalue weighted by Gasteiger charge is -2.26. The minimum absolute atomic E-state index is 0.0739. The summed E-state index contributed by atoms with van der Waals surface area (Å²) >= 11 is 8.95. The van der Waals surface area contributed by atoms with Crippen LogP contribution in [-0.2, 0) is 4.74 Å². The number of carbonyl (C=O) groups is 1. The number of amides is 1. The Morgan fingerprint density at radius 1 is 1.65 bits per heavy atom. The second-order valence-corrected chi connectivity index (χ2v) is 6.80. The van der Waals surface area contributed by atoms with Crippen LogP contribution < -0.4 is 5.32 Å². The maximum atomic E-state index is 11.9. The predicted molar refractivity (Wildman–Crippen MR) is 73.3 cm³/mol. The van der Waals surface area contributed by atoms with Crippen LogP contribution >= 0.6 is 34.7 Å². The van der Waals surface area contributed by atoms with Crippen LogP contribution in [0.15, 0.2) is 12.1 Å². The van der Waals surface area contributed by atoms with Crippen molar-refractivity contribution in [3.05, 3.63) is 21.3 Å². The lowest BCUT2D eigenvalue weighted by Crippen LogP contribution is -2.44. The smallest absolute Gasteiger partial charge is 0.261 e. The Hall–Kier alpha value is -0.230. The van der Waals surface area contributed by atoms with Gasteiger partial charge in [-0.2, -0.15) is 11.8 Å². The molecule has 0 saturated carbocycles. The van der Waals surface area contributed by atoms with Gasteiger partial charge in [-0.05, 0) is 24.3 Å². The first-order valence-corrected chi connectivity index (χ1v) is 7.67. The summed E-state index contributed by atoms with van der Waals surface area (Å²) in [7, 11) is 1.71. The molecule has 0 radical (unpaired) electrons. The van der Waals surface area contributed by atoms with Crippen molar-refractivity contribution in [2.75, 3.05) is 25.2 Å². The molecule has 0 aromatic carbocycles. The van der Waals surface area contributed by atoms with Gasteiger partial charge in [0.05, 0.1) is 14.8 Å². The fourth-order valence-electron chi connectivity index (χ4n) is 1.73. The van der Waals surface area contributed by atoms with E-state index in [1.807, 2.05) is 11.8 Å². The minimum Gasteiger partial charge on any atom is -0.376 e. The van der Waals surface area contributed by atoms with E-state index in [1.54, 1.807) is 19.2 Å². The van der Waals surface area contributed by atoms with Crippen LogP contribution in [0, 0.1) is 0 Å². The van der Waals surface area contributed by atoms with Gasteiger partial charge in [0.1, 0.15) is 0 Å². The fraction of sp³-hybridized carbons (Fsp3) is 0.545. The molecule has 0 spiro atoms. The van der Waals surface area contributed by atoms with Crippen LogP contribution in [0.3, 0.4) is 0 Å². The standard InChI is InChI=1S/C11H14ClNO2S2/c1-15-11(4-5-16-7-11)6-13-10(14)8-2-3-9(12)17-8/h2-3H,4-7H2,1H3,(H,13,14)/t11-/m0/s1. The van der Waals surface area contributed by atoms with Crippen LogP contribution in [0.25, 0.3) is 0 Å². The fourth-order valence-corrected chi connectivity index (χ4v) is 4.08. The normalized spacial score (nSPS) is 23.9. The highest BCUT2D eigenvalue weighted by atomic mass is 35.5. The van der Waals surface area contributed by atoms with E-state index in [1.165, 1.54) is 11.3 Å². The molecule has 94 valence electrons. The topological polar surface area (TPSA) is 38.3 Å². The van der Waals surface area contributed by atoms with Gasteiger partial charge in [-0.15, -0.1) is 11.3 Å². The third-order valence-electron chi connectivity index (χ3n) is 2.87. The van der Waals surface area contributed by atoms with Crippen LogP contribution in [0.4, 0.5) is 0 Å². The lowest BCUT2D eigenvalue weighted by atomic mass is 10.0. The zero-order valence-electron chi connectivity index (χ0n) is 9.49. The second-order valence-electron chi connectivity index (χ2n) is 3.98. The molecule has 1 aliphatic rings. The van der Waals surface area contributed by atoms with Crippen molar-refractivity contribution >= 4 is 40.6 Å². The van der Waals surface area contributed by atoms with Crippen molar-refractivity contribution in [1.82, 2.24) is 5.32 Å². The minimum atomic E-state index is -0.193. The van der Waals surface area contributed by atoms with Crippen LogP contribution in [-0.4, -0.2) is 36.7 Å². The number of nitrogens with one attached hydrogen (secondary N) is 1. The highest BCUT2D eigenvalue weighted by Gasteiger charge is 2.34. The van der Waals surface area contributed by atoms with Crippen LogP contribution in [0.1, 0.15) is 16.1 Å². The number of hydrogen-bond acceptors (Lipinski definition) is 4. The summed E-state index contributed by atoms with van der Waals surface area (Å²) in [6.07, 6.45) is 0.986. The summed E-state index contributed by atoms with van der Waals surface area (Å²) < 4.78 is 6.16. The van der Waals surface area contributed by atoms with E-state index in [-0.39, 0.29) is 11.5 Å². The van der Waals surface area contributed by atoms with Gasteiger partial charge in [-0.3, -0.25) is 4.79 Å². The average Bonchev–Trinajstić information content (AvgIpc) is 2.95. The summed E-state index contributed by atoms with van der Waals surface area (Å²) in [6, 6.07) is 3.48. The first kappa shape index (κ1) is 13.2. The second kappa shape index (κ2) is 5.61. The van der Waals surface area contributed by atoms with Crippen molar-refractivity contribution in [2.45, 2.75) is 12.0 Å². The molecule has 1 fully saturated rings. The maximum Gasteiger partial charge on any atom is 0.261 e. The predicted octanol–water partition coefficient (Wildman–Crippen LogP) is 2.65. The molecule has 6 heteroatoms. The Bertz CT molecular complexity index is 402. The van der Waals surface area contributed by atoms with E-state index < -0.39 is 0 Å². The van der Waals surface area contributed by atoms with Crippen LogP contribution in [0.5, 0.6) is 0 Å². The van der Waals surface area contributed by atoms with Crippen molar-refractivity contribution in [3.63, 3.8) is 0 Å². The number of halogens is 1. The Labute approximate surface area is 114 Å². The van der Waals surface area contributed by atoms with Crippen molar-refractivity contribution in [3.8, 4) is 0 Å². The number of thiophene rings is 1. The van der Waals surface area contributed by atoms with E-state index in [0.29, 0.717) is 15.8 Å². The van der Waals surface area contributed by atoms with E-state index in [0.717, 1.165) is 17.9 Å². The average molecular weight is 292 g/mol. The molecule has 1 aliphatic heterocycles. The van der Waals surface area contributed by atoms with Gasteiger partial charge >= 0.3 is 0 Å². The van der Waals surface area contributed by atoms with Gasteiger partial charge in [0.15, 0.2) is 0 Å². The molecule has 2 rings (SSSR count). The van der Waals surface area contributed by atoms with Gasteiger partial charge < -0.3 is 10.1 Å². The highest BCUT2D eigenvalue weighted by Crippen LogP contribution is 2.30. The number of carbonyl (C=O) groups excluding carboxylic acids is 1. The van der Waals surface area contributed by atoms with Crippen molar-refractivity contribution in [2.24, 2.45) is 0 Å². The van der Waals surface area contributed by atoms with Gasteiger partial charge in [0, 0.05) is 19.4 Å². The molecule has 0 unspecified atom stereocenters. The molecule has 1 amide bonds. The Morgan fingerprint density at radius 3 is 3.00 bits per heavy atom. The Kier molecular flexibility index (Phi) is 4.36. The molecular weight excluding hydrogens is 278 g/mol. The third kappa shape index (κ3) is 3.16. The SMILES string of the molecule is CO[C@]1(CNC(=O)c2ccc(Cl)s2)CCSC1. The summed E-state index contributed by atoms with van der Waals surface area (Å²) in [5, 5.41) is 2.92. The monoisotopic (exact) mass is 291 g/mol. The molecule has 3 nitrogen and oxygen atoms in total. The number of hydrogen-bond donors (Lipinski definition) is 1. The van der Waals surface area contributed by atoms with Gasteiger partial charge in [-0.1, -0.05) is 11.6 Å². The first-order valence-electron chi connectivity index (χ1n) is 5.32. The highest BCUT2D eigenvalue weighted by molar-refractivity contribution is 7.99. The molecular formula is C11H14ClNO2S2. The summed E-state index contributed by atoms with van der Waals surface area (Å²) in [4.78, 5) is 12.5. The zero-order valence-corrected chi connectivity index (χ0v) is 11.9. The first-order chi connectivity index (χ1) is 8.15. The Balaban J connectivity index is 1.91. The molecule has 1 aromatic rings. The summed E-state index contributed by atoms with van der Waals surface area (Å²) in [6.45, 7) is 0.560. The molecule has 1 atom stereocenters. The number of ether oxygens (including phenoxy) is 1. The van der Waals surface area contributed by atoms with E-state index in [4.69, 9.17) is 16.3 Å². The van der Waals surface area contributed by atoms with Crippen LogP contribution in [0.2, 0.25) is 4.34 Å². The summed E-state index contributed by atoms with van der Waals surface area (Å²) in [5.41, 5.74) is -0.193. The quantitative estimate of drug-likeness (QED) is 0.927. The van der Waals surface area contributed by atoms with Gasteiger partial charge in [-0.25, -0.2) is 0 Å². The van der Waals surface area contributed by atoms with Gasteiger partial charge in [0.2, 0.25) is 0 Å². The van der Waals surface area contributed by atoms with Crippen molar-refractivity contribution < 1.29 is 9.53 Å². The molecule has 2 heterocycles. The van der Waals surface area contributed by atoms with Crippen molar-refractivity contribution in [1.29, 1.82) is 0 Å². The molecule has 0 bridgehead atoms. The zero-order chi connectivity index (χ0) is 12.3. The lowest BCUT2D eigenvalue weighted by molar-refractivity contribution is 0.0137. The van der Waals surface area contributed by atoms with Gasteiger partial charge in [0.25, 0.3) is 5.91 Å². The van der Waals surface area contributed by atoms with E-state index in [9.17, 15) is 4.79 Å². The molecule has 0 aliphatic carbocycles. The maximum absolute atomic E-state index is 11.9. The number of rotatable bonds is 4. The summed E-state index contributed by atoms with van der Waals surface area (Å²) in [5.74, 6) is 1.96. The Morgan fingerprint density at radius 2 is 2.47 bits per heavy atom. The van der Waals surface area contributed by atoms with E-state index >= 15 is 0 Å².